The second-order valence-electron chi connectivity index (χ2n) is 9.39. The highest BCUT2D eigenvalue weighted by Crippen LogP contribution is 2.15. The van der Waals surface area contributed by atoms with Gasteiger partial charge in [0.1, 0.15) is 0 Å². The Morgan fingerprint density at radius 3 is 2.57 bits per heavy atom. The van der Waals surface area contributed by atoms with Crippen LogP contribution in [0.4, 0.5) is 0 Å². The molecule has 4 heteroatoms. The largest absolute Gasteiger partial charge is 0.323 e. The molecule has 0 aliphatic heterocycles. The van der Waals surface area contributed by atoms with E-state index in [9.17, 15) is 4.79 Å². The van der Waals surface area contributed by atoms with Crippen molar-refractivity contribution in [1.82, 2.24) is 15.2 Å². The summed E-state index contributed by atoms with van der Waals surface area (Å²) in [6.45, 7) is 14.1. The van der Waals surface area contributed by atoms with Gasteiger partial charge in [-0.25, -0.2) is 0 Å². The Balaban J connectivity index is 0.00000211. The first kappa shape index (κ1) is 28.8. The fourth-order valence-corrected chi connectivity index (χ4v) is 4.53. The molecule has 2 aromatic rings. The van der Waals surface area contributed by atoms with Crippen molar-refractivity contribution in [3.63, 3.8) is 0 Å². The SMILES string of the molecule is CC.CCCCC[C@H](C)N(CNCCC)C(=O)c1cc(Cc2ccc(C)nc2)c2c(c1)=CCCC=2.[HH]. The van der Waals surface area contributed by atoms with E-state index in [4.69, 9.17) is 0 Å². The van der Waals surface area contributed by atoms with Crippen molar-refractivity contribution in [2.45, 2.75) is 99.0 Å². The monoisotopic (exact) mass is 479 g/mol. The number of aromatic nitrogens is 1. The number of nitrogens with one attached hydrogen (secondary N) is 1. The van der Waals surface area contributed by atoms with Crippen molar-refractivity contribution in [2.75, 3.05) is 13.2 Å². The standard InChI is InChI=1S/C29H41N3O.C2H6.H2/c1-5-7-8-11-23(4)32(21-30-16-6-2)29(33)27-18-25-12-9-10-13-28(25)26(19-27)17-24-15-14-22(3)31-20-24;1-2;/h12-15,18-20,23,30H,5-11,16-17,21H2,1-4H3;1-2H3;1H/t23-;;/m0../s1. The molecule has 0 bridgehead atoms. The number of unbranched alkanes of at least 4 members (excludes halogenated alkanes) is 2. The number of pyridine rings is 1. The highest BCUT2D eigenvalue weighted by molar-refractivity contribution is 5.94. The molecule has 0 spiro atoms. The third-order valence-electron chi connectivity index (χ3n) is 6.52. The molecule has 1 aromatic heterocycles. The second-order valence-corrected chi connectivity index (χ2v) is 9.39. The summed E-state index contributed by atoms with van der Waals surface area (Å²) in [5.74, 6) is 0.132. The van der Waals surface area contributed by atoms with E-state index in [1.165, 1.54) is 34.4 Å². The zero-order valence-corrected chi connectivity index (χ0v) is 23.0. The van der Waals surface area contributed by atoms with Gasteiger partial charge in [0, 0.05) is 24.9 Å². The van der Waals surface area contributed by atoms with Crippen LogP contribution in [-0.4, -0.2) is 35.0 Å². The zero-order valence-electron chi connectivity index (χ0n) is 23.0. The average molecular weight is 480 g/mol. The summed E-state index contributed by atoms with van der Waals surface area (Å²) in [6.07, 6.45) is 15.1. The summed E-state index contributed by atoms with van der Waals surface area (Å²) in [4.78, 5) is 20.3. The lowest BCUT2D eigenvalue weighted by Crippen LogP contribution is -2.45. The minimum absolute atomic E-state index is 0. The Bertz CT molecular complexity index is 1030. The summed E-state index contributed by atoms with van der Waals surface area (Å²) in [5.41, 5.74) is 4.23. The second kappa shape index (κ2) is 15.5. The lowest BCUT2D eigenvalue weighted by atomic mass is 9.95. The predicted molar refractivity (Wildman–Crippen MR) is 152 cm³/mol. The van der Waals surface area contributed by atoms with Crippen LogP contribution in [0, 0.1) is 6.92 Å². The average Bonchev–Trinajstić information content (AvgIpc) is 2.89. The van der Waals surface area contributed by atoms with Crippen molar-refractivity contribution in [2.24, 2.45) is 0 Å². The number of benzene rings is 1. The molecule has 1 aliphatic carbocycles. The molecule has 35 heavy (non-hydrogen) atoms. The maximum absolute atomic E-state index is 13.8. The van der Waals surface area contributed by atoms with Crippen LogP contribution in [-0.2, 0) is 6.42 Å². The van der Waals surface area contributed by atoms with Crippen molar-refractivity contribution in [1.29, 1.82) is 0 Å². The summed E-state index contributed by atoms with van der Waals surface area (Å²) >= 11 is 0. The Labute approximate surface area is 215 Å². The van der Waals surface area contributed by atoms with Gasteiger partial charge < -0.3 is 4.90 Å². The lowest BCUT2D eigenvalue weighted by molar-refractivity contribution is 0.0663. The van der Waals surface area contributed by atoms with Crippen LogP contribution in [0.5, 0.6) is 0 Å². The van der Waals surface area contributed by atoms with Gasteiger partial charge in [-0.2, -0.15) is 0 Å². The number of amides is 1. The van der Waals surface area contributed by atoms with Crippen LogP contribution in [0.15, 0.2) is 30.5 Å². The van der Waals surface area contributed by atoms with Gasteiger partial charge in [-0.15, -0.1) is 0 Å². The van der Waals surface area contributed by atoms with Crippen LogP contribution in [0.1, 0.15) is 108 Å². The molecule has 0 saturated heterocycles. The number of hydrogen-bond acceptors (Lipinski definition) is 3. The molecule has 1 atom stereocenters. The minimum atomic E-state index is 0. The van der Waals surface area contributed by atoms with Gasteiger partial charge in [-0.3, -0.25) is 15.1 Å². The highest BCUT2D eigenvalue weighted by atomic mass is 16.2. The van der Waals surface area contributed by atoms with Gasteiger partial charge in [0.05, 0.1) is 6.67 Å². The van der Waals surface area contributed by atoms with Gasteiger partial charge in [-0.05, 0) is 92.3 Å². The number of carbonyl (C=O) groups is 1. The summed E-state index contributed by atoms with van der Waals surface area (Å²) in [7, 11) is 0. The number of carbonyl (C=O) groups excluding carboxylic acids is 1. The molecule has 3 rings (SSSR count). The summed E-state index contributed by atoms with van der Waals surface area (Å²) in [5, 5.41) is 5.94. The topological polar surface area (TPSA) is 45.2 Å². The highest BCUT2D eigenvalue weighted by Gasteiger charge is 2.22. The van der Waals surface area contributed by atoms with Crippen molar-refractivity contribution >= 4 is 18.1 Å². The number of rotatable bonds is 12. The maximum atomic E-state index is 13.8. The predicted octanol–water partition coefficient (Wildman–Crippen LogP) is 5.98. The number of nitrogens with zero attached hydrogens (tertiary/aromatic N) is 2. The first-order chi connectivity index (χ1) is 17.0. The molecule has 4 nitrogen and oxygen atoms in total. The number of fused-ring (bicyclic) bond motifs is 1. The Hall–Kier alpha value is -2.46. The molecule has 0 fully saturated rings. The van der Waals surface area contributed by atoms with Crippen LogP contribution >= 0.6 is 0 Å². The Morgan fingerprint density at radius 1 is 1.11 bits per heavy atom. The van der Waals surface area contributed by atoms with Crippen LogP contribution in [0.3, 0.4) is 0 Å². The summed E-state index contributed by atoms with van der Waals surface area (Å²) < 4.78 is 0. The van der Waals surface area contributed by atoms with Gasteiger partial charge >= 0.3 is 0 Å². The van der Waals surface area contributed by atoms with E-state index in [-0.39, 0.29) is 13.4 Å². The van der Waals surface area contributed by atoms with Gasteiger partial charge in [-0.1, -0.05) is 65.2 Å². The molecule has 0 radical (unpaired) electrons. The van der Waals surface area contributed by atoms with E-state index in [1.54, 1.807) is 0 Å². The van der Waals surface area contributed by atoms with Gasteiger partial charge in [0.25, 0.3) is 5.91 Å². The number of aryl methyl sites for hydroxylation is 1. The zero-order chi connectivity index (χ0) is 25.6. The fraction of sp³-hybridized carbons (Fsp3) is 0.548. The third-order valence-corrected chi connectivity index (χ3v) is 6.52. The van der Waals surface area contributed by atoms with Crippen molar-refractivity contribution in [3.8, 4) is 0 Å². The molecule has 1 N–H and O–H groups in total. The molecular weight excluding hydrogens is 430 g/mol. The first-order valence-electron chi connectivity index (χ1n) is 13.8. The Morgan fingerprint density at radius 2 is 1.89 bits per heavy atom. The first-order valence-corrected chi connectivity index (χ1v) is 13.8. The summed E-state index contributed by atoms with van der Waals surface area (Å²) in [6, 6.07) is 8.65. The normalized spacial score (nSPS) is 13.0. The quantitative estimate of drug-likeness (QED) is 0.301. The van der Waals surface area contributed by atoms with E-state index in [0.717, 1.165) is 56.3 Å². The van der Waals surface area contributed by atoms with E-state index >= 15 is 0 Å². The smallest absolute Gasteiger partial charge is 0.255 e. The minimum Gasteiger partial charge on any atom is -0.323 e. The van der Waals surface area contributed by atoms with Crippen molar-refractivity contribution in [3.05, 3.63) is 63.3 Å². The molecule has 1 aromatic carbocycles. The molecule has 0 saturated carbocycles. The van der Waals surface area contributed by atoms with Gasteiger partial charge in [0.2, 0.25) is 0 Å². The Kier molecular flexibility index (Phi) is 12.8. The third kappa shape index (κ3) is 8.61. The van der Waals surface area contributed by atoms with Gasteiger partial charge in [0.15, 0.2) is 0 Å². The van der Waals surface area contributed by atoms with E-state index < -0.39 is 0 Å². The van der Waals surface area contributed by atoms with Crippen molar-refractivity contribution < 1.29 is 6.22 Å². The number of hydrogen-bond donors (Lipinski definition) is 1. The molecule has 0 unspecified atom stereocenters. The van der Waals surface area contributed by atoms with E-state index in [1.807, 2.05) is 31.9 Å². The molecule has 194 valence electrons. The molecular formula is C31H49N3O. The lowest BCUT2D eigenvalue weighted by Gasteiger charge is -2.30. The fourth-order valence-electron chi connectivity index (χ4n) is 4.53. The maximum Gasteiger partial charge on any atom is 0.255 e. The molecule has 1 heterocycles. The van der Waals surface area contributed by atoms with E-state index in [0.29, 0.717) is 6.67 Å². The van der Waals surface area contributed by atoms with Crippen LogP contribution < -0.4 is 15.8 Å². The van der Waals surface area contributed by atoms with Crippen LogP contribution in [0.2, 0.25) is 0 Å². The van der Waals surface area contributed by atoms with E-state index in [2.05, 4.69) is 67.5 Å². The molecule has 1 aliphatic rings. The molecule has 1 amide bonds. The van der Waals surface area contributed by atoms with Crippen LogP contribution in [0.25, 0.3) is 12.2 Å².